The molecular weight excluding hydrogens is 410 g/mol. The molecule has 4 nitrogen and oxygen atoms in total. The Morgan fingerprint density at radius 1 is 1.10 bits per heavy atom. The van der Waals surface area contributed by atoms with Crippen LogP contribution in [0.3, 0.4) is 0 Å². The molecule has 2 aliphatic heterocycles. The van der Waals surface area contributed by atoms with Gasteiger partial charge in [-0.05, 0) is 36.5 Å². The van der Waals surface area contributed by atoms with Gasteiger partial charge in [-0.3, -0.25) is 0 Å². The number of aromatic hydroxyl groups is 1. The number of rotatable bonds is 3. The van der Waals surface area contributed by atoms with E-state index in [0.29, 0.717) is 17.7 Å². The number of hydrogen-bond acceptors (Lipinski definition) is 3. The van der Waals surface area contributed by atoms with Crippen molar-refractivity contribution in [2.24, 2.45) is 11.8 Å². The van der Waals surface area contributed by atoms with E-state index in [9.17, 15) is 10.2 Å². The molecule has 3 N–H and O–H groups in total. The maximum absolute atomic E-state index is 11.6. The minimum atomic E-state index is -0.549. The van der Waals surface area contributed by atoms with Gasteiger partial charge in [-0.15, -0.1) is 0 Å². The van der Waals surface area contributed by atoms with E-state index in [2.05, 4.69) is 30.3 Å². The first-order chi connectivity index (χ1) is 14.7. The van der Waals surface area contributed by atoms with Crippen molar-refractivity contribution in [3.63, 3.8) is 0 Å². The SMILES string of the molecule is Oc1ccc2c3c1O[C@H]1[C@@H](O)[C@@H](c4ccccc4)CC4[C@@H](C2)[NH+](CC2CC2)CC[C@@]341.[Cl-]. The predicted molar refractivity (Wildman–Crippen MR) is 113 cm³/mol. The van der Waals surface area contributed by atoms with Gasteiger partial charge < -0.3 is 32.3 Å². The molecule has 7 rings (SSSR count). The van der Waals surface area contributed by atoms with E-state index in [1.165, 1.54) is 36.1 Å². The molecule has 1 saturated heterocycles. The predicted octanol–water partition coefficient (Wildman–Crippen LogP) is -0.817. The van der Waals surface area contributed by atoms with Crippen LogP contribution in [0.15, 0.2) is 42.5 Å². The van der Waals surface area contributed by atoms with Gasteiger partial charge in [-0.2, -0.15) is 0 Å². The molecule has 31 heavy (non-hydrogen) atoms. The Bertz CT molecular complexity index is 1010. The van der Waals surface area contributed by atoms with Crippen LogP contribution >= 0.6 is 0 Å². The van der Waals surface area contributed by atoms with Gasteiger partial charge in [-0.25, -0.2) is 0 Å². The number of nitrogens with one attached hydrogen (secondary N) is 1. The molecule has 0 radical (unpaired) electrons. The molecule has 7 atom stereocenters. The first kappa shape index (κ1) is 19.9. The number of piperidine rings is 1. The highest BCUT2D eigenvalue weighted by molar-refractivity contribution is 5.60. The average Bonchev–Trinajstić information content (AvgIpc) is 3.51. The zero-order valence-corrected chi connectivity index (χ0v) is 18.4. The molecule has 2 aromatic carbocycles. The Morgan fingerprint density at radius 2 is 1.90 bits per heavy atom. The van der Waals surface area contributed by atoms with E-state index in [1.54, 1.807) is 11.0 Å². The van der Waals surface area contributed by atoms with Gasteiger partial charge in [0.05, 0.1) is 30.7 Å². The minimum absolute atomic E-state index is 0. The van der Waals surface area contributed by atoms with E-state index < -0.39 is 6.10 Å². The van der Waals surface area contributed by atoms with Crippen molar-refractivity contribution in [3.8, 4) is 11.5 Å². The number of halogens is 1. The van der Waals surface area contributed by atoms with Gasteiger partial charge >= 0.3 is 0 Å². The third-order valence-corrected chi connectivity index (χ3v) is 9.12. The standard InChI is InChI=1S/C26H29NO3.ClH/c28-21-9-8-17-12-20-19-13-18(16-4-2-1-3-5-16)23(29)25-26(19,22(17)24(21)30-25)10-11-27(20)14-15-6-7-15;/h1-5,8-9,15,18-20,23,25,28-29H,6-7,10-14H2;1H/t18-,19?,20-,23+,25+,26+;/m1./s1. The van der Waals surface area contributed by atoms with Crippen molar-refractivity contribution in [1.29, 1.82) is 0 Å². The van der Waals surface area contributed by atoms with E-state index in [0.717, 1.165) is 31.7 Å². The molecule has 0 aromatic heterocycles. The molecular formula is C26H30ClNO3. The lowest BCUT2D eigenvalue weighted by atomic mass is 9.49. The Balaban J connectivity index is 0.00000185. The van der Waals surface area contributed by atoms with Crippen LogP contribution < -0.4 is 22.0 Å². The summed E-state index contributed by atoms with van der Waals surface area (Å²) in [4.78, 5) is 1.78. The van der Waals surface area contributed by atoms with Crippen molar-refractivity contribution in [3.05, 3.63) is 59.2 Å². The quantitative estimate of drug-likeness (QED) is 0.586. The van der Waals surface area contributed by atoms with Gasteiger partial charge in [0.1, 0.15) is 6.10 Å². The maximum Gasteiger partial charge on any atom is 0.165 e. The Hall–Kier alpha value is -1.75. The van der Waals surface area contributed by atoms with Crippen LogP contribution in [-0.2, 0) is 11.8 Å². The summed E-state index contributed by atoms with van der Waals surface area (Å²) in [6.07, 6.45) is 5.14. The second-order valence-electron chi connectivity index (χ2n) is 10.5. The maximum atomic E-state index is 11.6. The number of hydrogen-bond donors (Lipinski definition) is 3. The second kappa shape index (κ2) is 6.87. The smallest absolute Gasteiger partial charge is 0.165 e. The molecule has 3 fully saturated rings. The van der Waals surface area contributed by atoms with Crippen LogP contribution in [0.5, 0.6) is 11.5 Å². The van der Waals surface area contributed by atoms with Crippen LogP contribution in [-0.4, -0.2) is 41.6 Å². The number of phenolic OH excluding ortho intramolecular Hbond substituents is 1. The van der Waals surface area contributed by atoms with Crippen LogP contribution in [0, 0.1) is 11.8 Å². The third-order valence-electron chi connectivity index (χ3n) is 9.12. The topological polar surface area (TPSA) is 54.1 Å². The molecule has 2 heterocycles. The number of quaternary nitrogens is 1. The summed E-state index contributed by atoms with van der Waals surface area (Å²) in [6, 6.07) is 15.0. The summed E-state index contributed by atoms with van der Waals surface area (Å²) in [5.74, 6) is 2.41. The molecule has 0 amide bonds. The van der Waals surface area contributed by atoms with E-state index in [-0.39, 0.29) is 35.6 Å². The van der Waals surface area contributed by atoms with Crippen molar-refractivity contribution in [1.82, 2.24) is 0 Å². The summed E-state index contributed by atoms with van der Waals surface area (Å²) >= 11 is 0. The lowest BCUT2D eigenvalue weighted by molar-refractivity contribution is -0.939. The monoisotopic (exact) mass is 439 g/mol. The second-order valence-corrected chi connectivity index (χ2v) is 10.5. The lowest BCUT2D eigenvalue weighted by Gasteiger charge is -2.58. The van der Waals surface area contributed by atoms with Gasteiger partial charge in [0.15, 0.2) is 11.5 Å². The van der Waals surface area contributed by atoms with E-state index >= 15 is 0 Å². The molecule has 2 aromatic rings. The summed E-state index contributed by atoms with van der Waals surface area (Å²) < 4.78 is 6.49. The summed E-state index contributed by atoms with van der Waals surface area (Å²) in [7, 11) is 0. The van der Waals surface area contributed by atoms with Gasteiger partial charge in [0.25, 0.3) is 0 Å². The van der Waals surface area contributed by atoms with Crippen LogP contribution in [0.4, 0.5) is 0 Å². The van der Waals surface area contributed by atoms with E-state index in [1.807, 2.05) is 6.07 Å². The van der Waals surface area contributed by atoms with Gasteiger partial charge in [-0.1, -0.05) is 36.4 Å². The van der Waals surface area contributed by atoms with Crippen molar-refractivity contribution in [2.75, 3.05) is 13.1 Å². The number of aliphatic hydroxyl groups is 1. The summed E-state index contributed by atoms with van der Waals surface area (Å²) in [5, 5.41) is 22.2. The van der Waals surface area contributed by atoms with Crippen LogP contribution in [0.2, 0.25) is 0 Å². The highest BCUT2D eigenvalue weighted by atomic mass is 35.5. The van der Waals surface area contributed by atoms with E-state index in [4.69, 9.17) is 4.74 Å². The number of aliphatic hydroxyl groups excluding tert-OH is 1. The zero-order valence-electron chi connectivity index (χ0n) is 17.6. The normalized spacial score (nSPS) is 39.3. The number of benzene rings is 2. The fourth-order valence-electron chi connectivity index (χ4n) is 7.71. The summed E-state index contributed by atoms with van der Waals surface area (Å²) in [5.41, 5.74) is 3.68. The Labute approximate surface area is 189 Å². The fourth-order valence-corrected chi connectivity index (χ4v) is 7.71. The van der Waals surface area contributed by atoms with Crippen molar-refractivity contribution >= 4 is 0 Å². The summed E-state index contributed by atoms with van der Waals surface area (Å²) in [6.45, 7) is 2.47. The van der Waals surface area contributed by atoms with Crippen molar-refractivity contribution in [2.45, 2.75) is 61.7 Å². The Kier molecular flexibility index (Phi) is 4.41. The molecule has 3 aliphatic carbocycles. The van der Waals surface area contributed by atoms with Gasteiger partial charge in [0.2, 0.25) is 0 Å². The largest absolute Gasteiger partial charge is 1.00 e. The van der Waals surface area contributed by atoms with Crippen LogP contribution in [0.1, 0.15) is 48.3 Å². The first-order valence-electron chi connectivity index (χ1n) is 11.8. The highest BCUT2D eigenvalue weighted by Crippen LogP contribution is 2.63. The molecule has 2 unspecified atom stereocenters. The molecule has 164 valence electrons. The minimum Gasteiger partial charge on any atom is -1.00 e. The average molecular weight is 440 g/mol. The molecule has 2 saturated carbocycles. The highest BCUT2D eigenvalue weighted by Gasteiger charge is 2.69. The van der Waals surface area contributed by atoms with Crippen molar-refractivity contribution < 1.29 is 32.3 Å². The fraction of sp³-hybridized carbons (Fsp3) is 0.538. The molecule has 5 heteroatoms. The number of phenols is 1. The number of likely N-dealkylation sites (tertiary alicyclic amines) is 1. The van der Waals surface area contributed by atoms with Crippen LogP contribution in [0.25, 0.3) is 0 Å². The van der Waals surface area contributed by atoms with Gasteiger partial charge in [0, 0.05) is 36.2 Å². The lowest BCUT2D eigenvalue weighted by Crippen LogP contribution is -3.19. The molecule has 2 bridgehead atoms. The number of ether oxygens (including phenoxy) is 1. The Morgan fingerprint density at radius 3 is 2.68 bits per heavy atom. The zero-order chi connectivity index (χ0) is 20.0. The first-order valence-corrected chi connectivity index (χ1v) is 11.8. The third kappa shape index (κ3) is 2.62. The molecule has 1 spiro atoms. The molecule has 5 aliphatic rings.